The summed E-state index contributed by atoms with van der Waals surface area (Å²) in [6.45, 7) is 4.18. The van der Waals surface area contributed by atoms with E-state index in [-0.39, 0.29) is 48.2 Å². The second-order valence-electron chi connectivity index (χ2n) is 8.17. The second kappa shape index (κ2) is 11.4. The Balaban J connectivity index is 1.73. The van der Waals surface area contributed by atoms with Crippen LogP contribution in [0, 0.1) is 0 Å². The Hall–Kier alpha value is -3.40. The van der Waals surface area contributed by atoms with Crippen molar-refractivity contribution in [3.05, 3.63) is 59.7 Å². The van der Waals surface area contributed by atoms with Gasteiger partial charge in [-0.2, -0.15) is 0 Å². The average molecular weight is 502 g/mol. The molecule has 2 aromatic carbocycles. The lowest BCUT2D eigenvalue weighted by molar-refractivity contribution is -0.141. The number of amides is 3. The number of carbonyl (C=O) groups is 3. The van der Waals surface area contributed by atoms with Crippen LogP contribution in [0.1, 0.15) is 49.0 Å². The van der Waals surface area contributed by atoms with E-state index in [4.69, 9.17) is 4.74 Å². The summed E-state index contributed by atoms with van der Waals surface area (Å²) in [6.07, 6.45) is 0.548. The number of nitrogens with one attached hydrogen (secondary N) is 1. The van der Waals surface area contributed by atoms with E-state index in [0.717, 1.165) is 9.87 Å². The molecule has 3 rings (SSSR count). The maximum atomic E-state index is 13.3. The van der Waals surface area contributed by atoms with Crippen LogP contribution >= 0.6 is 0 Å². The molecule has 10 heteroatoms. The van der Waals surface area contributed by atoms with Crippen LogP contribution in [-0.4, -0.2) is 61.6 Å². The van der Waals surface area contributed by atoms with Gasteiger partial charge < -0.3 is 15.0 Å². The zero-order chi connectivity index (χ0) is 25.6. The lowest BCUT2D eigenvalue weighted by atomic mass is 10.1. The van der Waals surface area contributed by atoms with Crippen molar-refractivity contribution in [1.82, 2.24) is 14.5 Å². The molecular formula is C25H31N3O6S. The first-order chi connectivity index (χ1) is 16.7. The lowest BCUT2D eigenvalue weighted by Gasteiger charge is -2.31. The van der Waals surface area contributed by atoms with Crippen molar-refractivity contribution in [2.24, 2.45) is 0 Å². The van der Waals surface area contributed by atoms with Gasteiger partial charge >= 0.3 is 0 Å². The summed E-state index contributed by atoms with van der Waals surface area (Å²) in [7, 11) is -2.36. The van der Waals surface area contributed by atoms with Crippen LogP contribution in [0.4, 0.5) is 0 Å². The average Bonchev–Trinajstić information content (AvgIpc) is 3.05. The van der Waals surface area contributed by atoms with Gasteiger partial charge in [-0.15, -0.1) is 0 Å². The van der Waals surface area contributed by atoms with Gasteiger partial charge in [-0.05, 0) is 49.6 Å². The normalized spacial score (nSPS) is 14.8. The smallest absolute Gasteiger partial charge is 0.269 e. The molecule has 0 radical (unpaired) electrons. The van der Waals surface area contributed by atoms with Gasteiger partial charge in [-0.3, -0.25) is 14.4 Å². The van der Waals surface area contributed by atoms with Gasteiger partial charge in [0.25, 0.3) is 15.9 Å². The molecule has 1 aliphatic heterocycles. The van der Waals surface area contributed by atoms with Crippen LogP contribution in [0.5, 0.6) is 5.75 Å². The minimum atomic E-state index is -3.93. The first-order valence-electron chi connectivity index (χ1n) is 11.6. The standard InChI is InChI=1S/C25H31N3O6S/c1-4-21(24(30)26-5-2)27(17-18-12-14-19(34-3)15-13-18)23(29)11-8-16-28-25(31)20-9-6-7-10-22(20)35(28,32)33/h6-7,9-10,12-15,21H,4-5,8,11,16-17H2,1-3H3,(H,26,30)/t21-/m1/s1. The van der Waals surface area contributed by atoms with E-state index >= 15 is 0 Å². The molecule has 1 N–H and O–H groups in total. The quantitative estimate of drug-likeness (QED) is 0.506. The Bertz CT molecular complexity index is 1180. The predicted molar refractivity (Wildman–Crippen MR) is 130 cm³/mol. The van der Waals surface area contributed by atoms with Crippen LogP contribution < -0.4 is 10.1 Å². The highest BCUT2D eigenvalue weighted by molar-refractivity contribution is 7.90. The summed E-state index contributed by atoms with van der Waals surface area (Å²) >= 11 is 0. The summed E-state index contributed by atoms with van der Waals surface area (Å²) in [6, 6.07) is 12.6. The molecule has 0 spiro atoms. The molecule has 0 aromatic heterocycles. The molecule has 1 heterocycles. The molecule has 1 atom stereocenters. The van der Waals surface area contributed by atoms with E-state index < -0.39 is 22.0 Å². The minimum absolute atomic E-state index is 0.0122. The SMILES string of the molecule is CCNC(=O)[C@@H](CC)N(Cc1ccc(OC)cc1)C(=O)CCCN1C(=O)c2ccccc2S1(=O)=O. The first-order valence-corrected chi connectivity index (χ1v) is 13.0. The van der Waals surface area contributed by atoms with Gasteiger partial charge in [0.15, 0.2) is 0 Å². The minimum Gasteiger partial charge on any atom is -0.497 e. The summed E-state index contributed by atoms with van der Waals surface area (Å²) in [5.41, 5.74) is 0.969. The molecule has 0 saturated carbocycles. The van der Waals surface area contributed by atoms with Crippen molar-refractivity contribution in [3.63, 3.8) is 0 Å². The number of methoxy groups -OCH3 is 1. The number of nitrogens with zero attached hydrogens (tertiary/aromatic N) is 2. The zero-order valence-corrected chi connectivity index (χ0v) is 21.0. The number of fused-ring (bicyclic) bond motifs is 1. The topological polar surface area (TPSA) is 113 Å². The summed E-state index contributed by atoms with van der Waals surface area (Å²) in [5.74, 6) is -0.443. The molecule has 1 aliphatic rings. The van der Waals surface area contributed by atoms with Crippen LogP contribution in [0.2, 0.25) is 0 Å². The van der Waals surface area contributed by atoms with Crippen molar-refractivity contribution < 1.29 is 27.5 Å². The van der Waals surface area contributed by atoms with Crippen molar-refractivity contribution in [2.45, 2.75) is 50.6 Å². The highest BCUT2D eigenvalue weighted by Crippen LogP contribution is 2.30. The number of rotatable bonds is 11. The van der Waals surface area contributed by atoms with Crippen LogP contribution in [0.15, 0.2) is 53.4 Å². The van der Waals surface area contributed by atoms with Gasteiger partial charge in [0.1, 0.15) is 16.7 Å². The van der Waals surface area contributed by atoms with Crippen LogP contribution in [0.25, 0.3) is 0 Å². The number of sulfonamides is 1. The fourth-order valence-electron chi connectivity index (χ4n) is 4.11. The molecule has 0 aliphatic carbocycles. The molecular weight excluding hydrogens is 470 g/mol. The number of carbonyl (C=O) groups excluding carboxylic acids is 3. The number of likely N-dealkylation sites (N-methyl/N-ethyl adjacent to an activating group) is 1. The Labute approximate surface area is 206 Å². The Morgan fingerprint density at radius 3 is 2.37 bits per heavy atom. The van der Waals surface area contributed by atoms with Crippen LogP contribution in [0.3, 0.4) is 0 Å². The van der Waals surface area contributed by atoms with E-state index in [1.54, 1.807) is 31.4 Å². The molecule has 2 aromatic rings. The summed E-state index contributed by atoms with van der Waals surface area (Å²) in [4.78, 5) is 40.1. The van der Waals surface area contributed by atoms with E-state index in [9.17, 15) is 22.8 Å². The van der Waals surface area contributed by atoms with Gasteiger partial charge in [0.2, 0.25) is 11.8 Å². The lowest BCUT2D eigenvalue weighted by Crippen LogP contribution is -2.49. The largest absolute Gasteiger partial charge is 0.497 e. The predicted octanol–water partition coefficient (Wildman–Crippen LogP) is 2.56. The fourth-order valence-corrected chi connectivity index (χ4v) is 5.72. The third-order valence-electron chi connectivity index (χ3n) is 5.91. The first kappa shape index (κ1) is 26.2. The Kier molecular flexibility index (Phi) is 8.50. The van der Waals surface area contributed by atoms with Crippen LogP contribution in [-0.2, 0) is 26.2 Å². The van der Waals surface area contributed by atoms with Gasteiger partial charge in [-0.1, -0.05) is 31.2 Å². The van der Waals surface area contributed by atoms with E-state index in [1.165, 1.54) is 17.0 Å². The number of hydrogen-bond acceptors (Lipinski definition) is 6. The number of benzene rings is 2. The highest BCUT2D eigenvalue weighted by Gasteiger charge is 2.40. The van der Waals surface area contributed by atoms with Gasteiger partial charge in [0, 0.05) is 26.1 Å². The summed E-state index contributed by atoms with van der Waals surface area (Å²) in [5, 5.41) is 2.78. The fraction of sp³-hybridized carbons (Fsp3) is 0.400. The third-order valence-corrected chi connectivity index (χ3v) is 7.75. The highest BCUT2D eigenvalue weighted by atomic mass is 32.2. The molecule has 188 valence electrons. The number of hydrogen-bond donors (Lipinski definition) is 1. The summed E-state index contributed by atoms with van der Waals surface area (Å²) < 4.78 is 31.5. The van der Waals surface area contributed by atoms with Crippen molar-refractivity contribution in [2.75, 3.05) is 20.2 Å². The Morgan fingerprint density at radius 2 is 1.77 bits per heavy atom. The van der Waals surface area contributed by atoms with Gasteiger partial charge in [-0.25, -0.2) is 12.7 Å². The Morgan fingerprint density at radius 1 is 1.09 bits per heavy atom. The molecule has 0 bridgehead atoms. The second-order valence-corrected chi connectivity index (χ2v) is 10.0. The molecule has 35 heavy (non-hydrogen) atoms. The third kappa shape index (κ3) is 5.64. The van der Waals surface area contributed by atoms with E-state index in [1.807, 2.05) is 26.0 Å². The maximum Gasteiger partial charge on any atom is 0.269 e. The molecule has 0 fully saturated rings. The maximum absolute atomic E-state index is 13.3. The van der Waals surface area contributed by atoms with Crippen molar-refractivity contribution in [1.29, 1.82) is 0 Å². The molecule has 3 amide bonds. The monoisotopic (exact) mass is 501 g/mol. The molecule has 0 unspecified atom stereocenters. The zero-order valence-electron chi connectivity index (χ0n) is 20.2. The van der Waals surface area contributed by atoms with Gasteiger partial charge in [0.05, 0.1) is 12.7 Å². The van der Waals surface area contributed by atoms with Crippen molar-refractivity contribution >= 4 is 27.7 Å². The van der Waals surface area contributed by atoms with E-state index in [0.29, 0.717) is 18.7 Å². The molecule has 9 nitrogen and oxygen atoms in total. The van der Waals surface area contributed by atoms with Crippen molar-refractivity contribution in [3.8, 4) is 5.75 Å². The molecule has 0 saturated heterocycles. The number of ether oxygens (including phenoxy) is 1. The van der Waals surface area contributed by atoms with E-state index in [2.05, 4.69) is 5.32 Å².